The van der Waals surface area contributed by atoms with Crippen LogP contribution in [-0.4, -0.2) is 23.3 Å². The minimum Gasteiger partial charge on any atom is -0.492 e. The van der Waals surface area contributed by atoms with Crippen LogP contribution < -0.4 is 9.47 Å². The number of hydrogen-bond acceptors (Lipinski definition) is 6. The molecule has 0 saturated heterocycles. The topological polar surface area (TPSA) is 95.7 Å². The Morgan fingerprint density at radius 1 is 0.809 bits per heavy atom. The van der Waals surface area contributed by atoms with Crippen LogP contribution in [0.1, 0.15) is 86.3 Å². The van der Waals surface area contributed by atoms with Gasteiger partial charge in [0.1, 0.15) is 18.1 Å². The molecule has 47 heavy (non-hydrogen) atoms. The number of nitro groups is 1. The van der Waals surface area contributed by atoms with Crippen molar-refractivity contribution in [2.75, 3.05) is 6.61 Å². The molecule has 0 aromatic heterocycles. The number of esters is 1. The molecular formula is C40H33NO6. The quantitative estimate of drug-likeness (QED) is 0.0593. The van der Waals surface area contributed by atoms with E-state index in [-0.39, 0.29) is 29.6 Å². The number of non-ortho nitro benzene ring substituents is 1. The third kappa shape index (κ3) is 4.81. The van der Waals surface area contributed by atoms with Gasteiger partial charge in [0, 0.05) is 34.6 Å². The summed E-state index contributed by atoms with van der Waals surface area (Å²) in [5.41, 5.74) is 5.85. The van der Waals surface area contributed by atoms with E-state index in [2.05, 4.69) is 24.3 Å². The first-order valence-corrected chi connectivity index (χ1v) is 15.6. The van der Waals surface area contributed by atoms with Crippen LogP contribution in [0.2, 0.25) is 0 Å². The summed E-state index contributed by atoms with van der Waals surface area (Å²) in [6, 6.07) is 33.1. The lowest BCUT2D eigenvalue weighted by Gasteiger charge is -2.51. The molecule has 0 unspecified atom stereocenters. The Balaban J connectivity index is 1.49. The van der Waals surface area contributed by atoms with E-state index >= 15 is 0 Å². The highest BCUT2D eigenvalue weighted by Crippen LogP contribution is 2.62. The van der Waals surface area contributed by atoms with Gasteiger partial charge in [0.2, 0.25) is 0 Å². The second kappa shape index (κ2) is 11.1. The van der Waals surface area contributed by atoms with Crippen LogP contribution in [-0.2, 0) is 5.41 Å². The zero-order valence-corrected chi connectivity index (χ0v) is 26.6. The van der Waals surface area contributed by atoms with Crippen LogP contribution in [0.5, 0.6) is 11.5 Å². The van der Waals surface area contributed by atoms with E-state index in [1.54, 1.807) is 12.1 Å². The molecule has 5 aromatic carbocycles. The number of ketones is 1. The van der Waals surface area contributed by atoms with Crippen LogP contribution in [0.4, 0.5) is 5.69 Å². The van der Waals surface area contributed by atoms with Gasteiger partial charge in [-0.3, -0.25) is 14.9 Å². The van der Waals surface area contributed by atoms with Crippen molar-refractivity contribution in [1.82, 2.24) is 0 Å². The van der Waals surface area contributed by atoms with Gasteiger partial charge in [0.25, 0.3) is 5.69 Å². The molecular weight excluding hydrogens is 590 g/mol. The predicted octanol–water partition coefficient (Wildman–Crippen LogP) is 8.57. The van der Waals surface area contributed by atoms with Crippen molar-refractivity contribution in [3.8, 4) is 11.5 Å². The van der Waals surface area contributed by atoms with Crippen molar-refractivity contribution in [3.05, 3.63) is 169 Å². The minimum atomic E-state index is -0.943. The molecule has 0 radical (unpaired) electrons. The van der Waals surface area contributed by atoms with Crippen molar-refractivity contribution in [1.29, 1.82) is 0 Å². The molecule has 0 amide bonds. The van der Waals surface area contributed by atoms with Gasteiger partial charge < -0.3 is 9.47 Å². The maximum atomic E-state index is 14.2. The summed E-state index contributed by atoms with van der Waals surface area (Å²) in [5.74, 6) is 0.0579. The highest BCUT2D eigenvalue weighted by Gasteiger charge is 2.55. The first kappa shape index (κ1) is 30.1. The molecule has 5 aromatic rings. The summed E-state index contributed by atoms with van der Waals surface area (Å²) < 4.78 is 12.9. The van der Waals surface area contributed by atoms with Gasteiger partial charge in [-0.05, 0) is 71.1 Å². The molecule has 0 atom stereocenters. The summed E-state index contributed by atoms with van der Waals surface area (Å²) in [6.07, 6.45) is 0. The number of aryl methyl sites for hydroxylation is 1. The molecule has 3 aliphatic carbocycles. The molecule has 7 heteroatoms. The van der Waals surface area contributed by atoms with Gasteiger partial charge in [-0.25, -0.2) is 4.79 Å². The van der Waals surface area contributed by atoms with Crippen molar-refractivity contribution >= 4 is 17.4 Å². The van der Waals surface area contributed by atoms with E-state index < -0.39 is 21.7 Å². The number of nitrogens with zero attached hydrogens (tertiary/aromatic N) is 1. The van der Waals surface area contributed by atoms with Crippen molar-refractivity contribution in [2.45, 2.75) is 39.0 Å². The normalized spacial score (nSPS) is 17.2. The summed E-state index contributed by atoms with van der Waals surface area (Å²) in [4.78, 5) is 38.6. The SMILES string of the molecule is Cc1ccc(OCC23c4ccccc4C(c4ccccc42)c2c(C(=O)C(C)(C)C)ccc(OC(=O)c4ccc([N+](=O)[O-])cc4)c23)cc1. The molecule has 0 heterocycles. The molecule has 0 fully saturated rings. The average Bonchev–Trinajstić information content (AvgIpc) is 3.07. The van der Waals surface area contributed by atoms with E-state index in [4.69, 9.17) is 9.47 Å². The number of Topliss-reactive ketones (excluding diaryl/α,β-unsaturated/α-hetero) is 1. The van der Waals surface area contributed by atoms with E-state index in [9.17, 15) is 19.7 Å². The highest BCUT2D eigenvalue weighted by atomic mass is 16.6. The Morgan fingerprint density at radius 2 is 1.40 bits per heavy atom. The van der Waals surface area contributed by atoms with Gasteiger partial charge in [0.15, 0.2) is 5.78 Å². The Hall–Kier alpha value is -5.56. The van der Waals surface area contributed by atoms with Crippen LogP contribution >= 0.6 is 0 Å². The Morgan fingerprint density at radius 3 is 1.98 bits per heavy atom. The largest absolute Gasteiger partial charge is 0.492 e. The van der Waals surface area contributed by atoms with Gasteiger partial charge in [-0.15, -0.1) is 0 Å². The summed E-state index contributed by atoms with van der Waals surface area (Å²) in [6.45, 7) is 7.92. The highest BCUT2D eigenvalue weighted by molar-refractivity contribution is 6.03. The minimum absolute atomic E-state index is 0.0147. The van der Waals surface area contributed by atoms with E-state index in [0.717, 1.165) is 38.9 Å². The molecule has 3 aliphatic rings. The van der Waals surface area contributed by atoms with Crippen LogP contribution in [0.3, 0.4) is 0 Å². The smallest absolute Gasteiger partial charge is 0.343 e. The van der Waals surface area contributed by atoms with Gasteiger partial charge in [0.05, 0.1) is 15.9 Å². The number of carbonyl (C=O) groups is 2. The first-order valence-electron chi connectivity index (χ1n) is 15.6. The van der Waals surface area contributed by atoms with E-state index in [1.807, 2.05) is 76.2 Å². The van der Waals surface area contributed by atoms with Crippen molar-refractivity contribution in [2.24, 2.45) is 5.41 Å². The fourth-order valence-electron chi connectivity index (χ4n) is 7.13. The maximum absolute atomic E-state index is 14.2. The molecule has 0 spiro atoms. The summed E-state index contributed by atoms with van der Waals surface area (Å²) in [5, 5.41) is 11.2. The molecule has 7 nitrogen and oxygen atoms in total. The number of benzene rings is 5. The standard InChI is InChI=1S/C40H33NO6/c1-24-13-19-27(20-14-24)46-23-40-31-11-7-5-9-28(31)34(29-10-6-8-12-32(29)40)35-30(37(42)39(2,3)4)21-22-33(36(35)40)47-38(43)25-15-17-26(18-16-25)41(44)45/h5-22,34H,23H2,1-4H3. The summed E-state index contributed by atoms with van der Waals surface area (Å²) in [7, 11) is 0. The van der Waals surface area contributed by atoms with Crippen LogP contribution in [0.25, 0.3) is 0 Å². The molecule has 0 aliphatic heterocycles. The Kier molecular flexibility index (Phi) is 7.08. The zero-order valence-electron chi connectivity index (χ0n) is 26.6. The number of rotatable bonds is 7. The third-order valence-corrected chi connectivity index (χ3v) is 9.30. The van der Waals surface area contributed by atoms with Crippen LogP contribution in [0.15, 0.2) is 109 Å². The van der Waals surface area contributed by atoms with E-state index in [0.29, 0.717) is 17.1 Å². The number of nitro benzene ring substituents is 1. The second-order valence-electron chi connectivity index (χ2n) is 13.3. The lowest BCUT2D eigenvalue weighted by atomic mass is 9.52. The predicted molar refractivity (Wildman–Crippen MR) is 179 cm³/mol. The van der Waals surface area contributed by atoms with Crippen molar-refractivity contribution in [3.63, 3.8) is 0 Å². The van der Waals surface area contributed by atoms with E-state index in [1.165, 1.54) is 24.3 Å². The lowest BCUT2D eigenvalue weighted by molar-refractivity contribution is -0.384. The third-order valence-electron chi connectivity index (χ3n) is 9.30. The van der Waals surface area contributed by atoms with Crippen LogP contribution in [0, 0.1) is 22.5 Å². The number of carbonyl (C=O) groups excluding carboxylic acids is 2. The van der Waals surface area contributed by atoms with Gasteiger partial charge in [-0.2, -0.15) is 0 Å². The Bertz CT molecular complexity index is 2020. The van der Waals surface area contributed by atoms with Crippen molar-refractivity contribution < 1.29 is 24.0 Å². The molecule has 2 bridgehead atoms. The second-order valence-corrected chi connectivity index (χ2v) is 13.3. The molecule has 234 valence electrons. The fourth-order valence-corrected chi connectivity index (χ4v) is 7.13. The molecule has 0 N–H and O–H groups in total. The summed E-state index contributed by atoms with van der Waals surface area (Å²) >= 11 is 0. The first-order chi connectivity index (χ1) is 22.5. The molecule has 0 saturated carbocycles. The van der Waals surface area contributed by atoms with Gasteiger partial charge in [-0.1, -0.05) is 87.0 Å². The maximum Gasteiger partial charge on any atom is 0.343 e. The number of ether oxygens (including phenoxy) is 2. The number of hydrogen-bond donors (Lipinski definition) is 0. The fraction of sp³-hybridized carbons (Fsp3) is 0.200. The average molecular weight is 624 g/mol. The molecule has 8 rings (SSSR count). The lowest BCUT2D eigenvalue weighted by Crippen LogP contribution is -2.47. The van der Waals surface area contributed by atoms with Gasteiger partial charge >= 0.3 is 5.97 Å². The monoisotopic (exact) mass is 623 g/mol. The zero-order chi connectivity index (χ0) is 33.1. The Labute approximate surface area is 273 Å².